The normalized spacial score (nSPS) is 10.4. The van der Waals surface area contributed by atoms with Gasteiger partial charge in [-0.2, -0.15) is 0 Å². The molecule has 2 aromatic carbocycles. The number of halogens is 1. The van der Waals surface area contributed by atoms with Crippen LogP contribution in [0.25, 0.3) is 0 Å². The average Bonchev–Trinajstić information content (AvgIpc) is 2.77. The first-order valence-electron chi connectivity index (χ1n) is 10.8. The lowest BCUT2D eigenvalue weighted by Gasteiger charge is -2.21. The van der Waals surface area contributed by atoms with Crippen molar-refractivity contribution in [1.82, 2.24) is 10.2 Å². The monoisotopic (exact) mass is 519 g/mol. The number of nitrogens with zero attached hydrogens (tertiary/aromatic N) is 1. The summed E-state index contributed by atoms with van der Waals surface area (Å²) >= 11 is 8.73. The molecule has 0 saturated carbocycles. The van der Waals surface area contributed by atoms with Gasteiger partial charge in [0.05, 0.1) is 11.1 Å². The van der Waals surface area contributed by atoms with Crippen LogP contribution in [-0.4, -0.2) is 41.5 Å². The molecular formula is C24H30BrN3O3S. The number of anilines is 1. The van der Waals surface area contributed by atoms with Gasteiger partial charge in [-0.05, 0) is 83.8 Å². The third kappa shape index (κ3) is 7.60. The molecule has 0 unspecified atom stereocenters. The van der Waals surface area contributed by atoms with E-state index in [1.807, 2.05) is 11.8 Å². The molecule has 8 heteroatoms. The number of thiocarbonyl (C=S) groups is 1. The van der Waals surface area contributed by atoms with Crippen molar-refractivity contribution in [3.63, 3.8) is 0 Å². The van der Waals surface area contributed by atoms with E-state index in [-0.39, 0.29) is 16.9 Å². The van der Waals surface area contributed by atoms with Crippen LogP contribution in [0.15, 0.2) is 46.9 Å². The van der Waals surface area contributed by atoms with Crippen LogP contribution in [0.5, 0.6) is 5.75 Å². The summed E-state index contributed by atoms with van der Waals surface area (Å²) in [4.78, 5) is 27.3. The number of carbonyl (C=O) groups is 2. The fraction of sp³-hybridized carbons (Fsp3) is 0.375. The molecule has 2 rings (SSSR count). The molecule has 0 radical (unpaired) electrons. The van der Waals surface area contributed by atoms with Crippen LogP contribution in [0.1, 0.15) is 60.7 Å². The molecule has 2 aromatic rings. The molecule has 0 saturated heterocycles. The predicted octanol–water partition coefficient (Wildman–Crippen LogP) is 5.63. The molecule has 2 amide bonds. The van der Waals surface area contributed by atoms with Crippen LogP contribution < -0.4 is 15.4 Å². The lowest BCUT2D eigenvalue weighted by Crippen LogP contribution is -2.34. The highest BCUT2D eigenvalue weighted by Crippen LogP contribution is 2.26. The largest absolute Gasteiger partial charge is 0.492 e. The van der Waals surface area contributed by atoms with Gasteiger partial charge in [0.1, 0.15) is 5.75 Å². The predicted molar refractivity (Wildman–Crippen MR) is 137 cm³/mol. The number of hydrogen-bond acceptors (Lipinski definition) is 4. The lowest BCUT2D eigenvalue weighted by atomic mass is 10.1. The topological polar surface area (TPSA) is 70.7 Å². The quantitative estimate of drug-likeness (QED) is 0.398. The number of amides is 2. The number of ether oxygens (including phenoxy) is 1. The zero-order valence-electron chi connectivity index (χ0n) is 18.7. The molecule has 0 heterocycles. The SMILES string of the molecule is CCCOc1ccc(C(=O)NC(=S)Nc2cccc(C(=O)N(CCC)CCC)c2)cc1Br. The third-order valence-electron chi connectivity index (χ3n) is 4.52. The molecule has 2 N–H and O–H groups in total. The number of carbonyl (C=O) groups excluding carboxylic acids is 2. The highest BCUT2D eigenvalue weighted by atomic mass is 79.9. The maximum atomic E-state index is 12.8. The Balaban J connectivity index is 2.02. The Hall–Kier alpha value is -2.45. The van der Waals surface area contributed by atoms with Gasteiger partial charge in [-0.15, -0.1) is 0 Å². The molecule has 0 fully saturated rings. The van der Waals surface area contributed by atoms with Gasteiger partial charge in [-0.25, -0.2) is 0 Å². The molecule has 0 aliphatic heterocycles. The first-order chi connectivity index (χ1) is 15.4. The minimum Gasteiger partial charge on any atom is -0.492 e. The van der Waals surface area contributed by atoms with Crippen molar-refractivity contribution < 1.29 is 14.3 Å². The Kier molecular flexibility index (Phi) is 10.6. The molecule has 172 valence electrons. The molecule has 0 atom stereocenters. The lowest BCUT2D eigenvalue weighted by molar-refractivity contribution is 0.0755. The minimum absolute atomic E-state index is 0.0115. The van der Waals surface area contributed by atoms with Gasteiger partial charge in [0.25, 0.3) is 11.8 Å². The van der Waals surface area contributed by atoms with Crippen LogP contribution in [-0.2, 0) is 0 Å². The van der Waals surface area contributed by atoms with E-state index < -0.39 is 0 Å². The van der Waals surface area contributed by atoms with Gasteiger partial charge in [0.2, 0.25) is 0 Å². The van der Waals surface area contributed by atoms with Crippen molar-refractivity contribution in [2.45, 2.75) is 40.0 Å². The maximum absolute atomic E-state index is 12.8. The highest BCUT2D eigenvalue weighted by Gasteiger charge is 2.15. The maximum Gasteiger partial charge on any atom is 0.257 e. The van der Waals surface area contributed by atoms with Gasteiger partial charge < -0.3 is 15.0 Å². The van der Waals surface area contributed by atoms with Crippen molar-refractivity contribution in [3.05, 3.63) is 58.1 Å². The number of rotatable bonds is 10. The molecule has 0 bridgehead atoms. The van der Waals surface area contributed by atoms with Crippen molar-refractivity contribution in [2.75, 3.05) is 25.0 Å². The van der Waals surface area contributed by atoms with Crippen LogP contribution in [0.3, 0.4) is 0 Å². The Morgan fingerprint density at radius 1 is 1.00 bits per heavy atom. The summed E-state index contributed by atoms with van der Waals surface area (Å²) in [6.45, 7) is 8.18. The van der Waals surface area contributed by atoms with Gasteiger partial charge in [0, 0.05) is 29.9 Å². The van der Waals surface area contributed by atoms with Crippen molar-refractivity contribution >= 4 is 50.8 Å². The summed E-state index contributed by atoms with van der Waals surface area (Å²) in [6.07, 6.45) is 2.71. The zero-order valence-corrected chi connectivity index (χ0v) is 21.1. The molecule has 0 spiro atoms. The highest BCUT2D eigenvalue weighted by molar-refractivity contribution is 9.10. The second-order valence-electron chi connectivity index (χ2n) is 7.27. The Morgan fingerprint density at radius 2 is 1.72 bits per heavy atom. The van der Waals surface area contributed by atoms with Gasteiger partial charge >= 0.3 is 0 Å². The molecule has 0 aliphatic carbocycles. The number of benzene rings is 2. The zero-order chi connectivity index (χ0) is 23.5. The van der Waals surface area contributed by atoms with Gasteiger partial charge in [-0.3, -0.25) is 14.9 Å². The smallest absolute Gasteiger partial charge is 0.257 e. The van der Waals surface area contributed by atoms with Crippen LogP contribution >= 0.6 is 28.1 Å². The molecular weight excluding hydrogens is 490 g/mol. The van der Waals surface area contributed by atoms with Gasteiger partial charge in [-0.1, -0.05) is 26.8 Å². The van der Waals surface area contributed by atoms with E-state index in [1.165, 1.54) is 0 Å². The Bertz CT molecular complexity index is 946. The first kappa shape index (κ1) is 25.8. The summed E-state index contributed by atoms with van der Waals surface area (Å²) in [5.41, 5.74) is 1.67. The summed E-state index contributed by atoms with van der Waals surface area (Å²) in [7, 11) is 0. The van der Waals surface area contributed by atoms with E-state index in [0.717, 1.165) is 32.4 Å². The summed E-state index contributed by atoms with van der Waals surface area (Å²) in [5.74, 6) is 0.336. The second kappa shape index (κ2) is 13.2. The molecule has 6 nitrogen and oxygen atoms in total. The van der Waals surface area contributed by atoms with E-state index >= 15 is 0 Å². The summed E-state index contributed by atoms with van der Waals surface area (Å²) in [5, 5.41) is 5.81. The minimum atomic E-state index is -0.338. The number of nitrogens with one attached hydrogen (secondary N) is 2. The average molecular weight is 520 g/mol. The van der Waals surface area contributed by atoms with E-state index in [4.69, 9.17) is 17.0 Å². The fourth-order valence-electron chi connectivity index (χ4n) is 3.08. The Morgan fingerprint density at radius 3 is 2.34 bits per heavy atom. The molecule has 0 aromatic heterocycles. The van der Waals surface area contributed by atoms with Crippen LogP contribution in [0.2, 0.25) is 0 Å². The van der Waals surface area contributed by atoms with E-state index in [9.17, 15) is 9.59 Å². The van der Waals surface area contributed by atoms with Crippen molar-refractivity contribution in [1.29, 1.82) is 0 Å². The standard InChI is InChI=1S/C24H30BrN3O3S/c1-4-12-28(13-5-2)23(30)18-8-7-9-19(15-18)26-24(32)27-22(29)17-10-11-21(20(25)16-17)31-14-6-3/h7-11,15-16H,4-6,12-14H2,1-3H3,(H2,26,27,29,32). The van der Waals surface area contributed by atoms with Crippen molar-refractivity contribution in [2.24, 2.45) is 0 Å². The van der Waals surface area contributed by atoms with Crippen molar-refractivity contribution in [3.8, 4) is 5.75 Å². The summed E-state index contributed by atoms with van der Waals surface area (Å²) < 4.78 is 6.31. The first-order valence-corrected chi connectivity index (χ1v) is 12.0. The van der Waals surface area contributed by atoms with Crippen LogP contribution in [0, 0.1) is 0 Å². The Labute approximate surface area is 203 Å². The second-order valence-corrected chi connectivity index (χ2v) is 8.54. The van der Waals surface area contributed by atoms with E-state index in [0.29, 0.717) is 33.6 Å². The number of hydrogen-bond donors (Lipinski definition) is 2. The van der Waals surface area contributed by atoms with Crippen LogP contribution in [0.4, 0.5) is 5.69 Å². The van der Waals surface area contributed by atoms with Gasteiger partial charge in [0.15, 0.2) is 5.11 Å². The molecule has 32 heavy (non-hydrogen) atoms. The fourth-order valence-corrected chi connectivity index (χ4v) is 3.78. The van der Waals surface area contributed by atoms with E-state index in [2.05, 4.69) is 40.4 Å². The summed E-state index contributed by atoms with van der Waals surface area (Å²) in [6, 6.07) is 12.3. The molecule has 0 aliphatic rings. The van der Waals surface area contributed by atoms with E-state index in [1.54, 1.807) is 42.5 Å². The third-order valence-corrected chi connectivity index (χ3v) is 5.35.